The molecular weight excluding hydrogens is 386 g/mol. The molecule has 0 aliphatic carbocycles. The van der Waals surface area contributed by atoms with Crippen LogP contribution in [0.1, 0.15) is 33.3 Å². The van der Waals surface area contributed by atoms with Crippen LogP contribution in [0.5, 0.6) is 17.2 Å². The molecule has 0 bridgehead atoms. The second-order valence-electron chi connectivity index (χ2n) is 8.62. The monoisotopic (exact) mass is 419 g/mol. The van der Waals surface area contributed by atoms with E-state index < -0.39 is 0 Å². The number of para-hydroxylation sites is 1. The second kappa shape index (κ2) is 10.8. The summed E-state index contributed by atoms with van der Waals surface area (Å²) in [5, 5.41) is 3.41. The summed E-state index contributed by atoms with van der Waals surface area (Å²) in [6.45, 7) is 10.4. The lowest BCUT2D eigenvalue weighted by molar-refractivity contribution is 0.217. The van der Waals surface area contributed by atoms with Crippen LogP contribution in [-0.4, -0.2) is 25.9 Å². The van der Waals surface area contributed by atoms with Gasteiger partial charge in [-0.2, -0.15) is 0 Å². The van der Waals surface area contributed by atoms with Crippen molar-refractivity contribution in [2.24, 2.45) is 0 Å². The van der Waals surface area contributed by atoms with Gasteiger partial charge in [0.15, 0.2) is 0 Å². The molecule has 3 rings (SSSR count). The minimum absolute atomic E-state index is 0.0477. The van der Waals surface area contributed by atoms with Gasteiger partial charge in [0.25, 0.3) is 0 Å². The summed E-state index contributed by atoms with van der Waals surface area (Å²) < 4.78 is 17.4. The zero-order chi connectivity index (χ0) is 22.1. The maximum absolute atomic E-state index is 6.03. The highest BCUT2D eigenvalue weighted by molar-refractivity contribution is 5.46. The third-order valence-electron chi connectivity index (χ3n) is 4.87. The van der Waals surface area contributed by atoms with Crippen molar-refractivity contribution < 1.29 is 14.2 Å². The topological polar surface area (TPSA) is 39.7 Å². The Labute approximate surface area is 186 Å². The Hall–Kier alpha value is -3.14. The smallest absolute Gasteiger partial charge is 0.122 e. The maximum atomic E-state index is 6.03. The Morgan fingerprint density at radius 3 is 1.84 bits per heavy atom. The van der Waals surface area contributed by atoms with E-state index in [1.165, 1.54) is 5.56 Å². The minimum Gasteiger partial charge on any atom is -0.490 e. The van der Waals surface area contributed by atoms with Gasteiger partial charge >= 0.3 is 0 Å². The predicted octanol–water partition coefficient (Wildman–Crippen LogP) is 6.32. The Kier molecular flexibility index (Phi) is 7.82. The summed E-state index contributed by atoms with van der Waals surface area (Å²) in [5.74, 6) is 2.57. The Bertz CT molecular complexity index is 900. The van der Waals surface area contributed by atoms with Gasteiger partial charge in [-0.15, -0.1) is 0 Å². The highest BCUT2D eigenvalue weighted by Gasteiger charge is 2.13. The molecule has 0 spiro atoms. The van der Waals surface area contributed by atoms with Crippen molar-refractivity contribution in [2.45, 2.75) is 39.2 Å². The quantitative estimate of drug-likeness (QED) is 0.390. The highest BCUT2D eigenvalue weighted by Crippen LogP contribution is 2.24. The molecule has 1 unspecified atom stereocenters. The first-order valence-electron chi connectivity index (χ1n) is 10.8. The van der Waals surface area contributed by atoms with Crippen LogP contribution in [0.2, 0.25) is 0 Å². The number of hydrogen-bond donors (Lipinski definition) is 1. The summed E-state index contributed by atoms with van der Waals surface area (Å²) in [5.41, 5.74) is 2.49. The van der Waals surface area contributed by atoms with E-state index in [0.29, 0.717) is 19.8 Å². The fraction of sp³-hybridized carbons (Fsp3) is 0.333. The first kappa shape index (κ1) is 22.5. The molecule has 0 aliphatic rings. The van der Waals surface area contributed by atoms with Gasteiger partial charge in [-0.05, 0) is 66.4 Å². The average Bonchev–Trinajstić information content (AvgIpc) is 2.76. The van der Waals surface area contributed by atoms with Crippen molar-refractivity contribution in [3.8, 4) is 17.2 Å². The van der Waals surface area contributed by atoms with Gasteiger partial charge in [-0.25, -0.2) is 0 Å². The van der Waals surface area contributed by atoms with Crippen LogP contribution in [0.25, 0.3) is 0 Å². The summed E-state index contributed by atoms with van der Waals surface area (Å²) in [7, 11) is 0. The molecule has 4 nitrogen and oxygen atoms in total. The van der Waals surface area contributed by atoms with E-state index in [-0.39, 0.29) is 11.5 Å². The molecule has 0 radical (unpaired) electrons. The van der Waals surface area contributed by atoms with E-state index in [9.17, 15) is 0 Å². The molecule has 0 heterocycles. The van der Waals surface area contributed by atoms with Crippen molar-refractivity contribution in [1.82, 2.24) is 0 Å². The minimum atomic E-state index is 0.0477. The molecule has 31 heavy (non-hydrogen) atoms. The van der Waals surface area contributed by atoms with Gasteiger partial charge in [-0.3, -0.25) is 0 Å². The van der Waals surface area contributed by atoms with Gasteiger partial charge in [-0.1, -0.05) is 51.1 Å². The molecule has 164 valence electrons. The fourth-order valence-electron chi connectivity index (χ4n) is 3.07. The molecule has 0 aliphatic heterocycles. The molecule has 3 aromatic rings. The first-order chi connectivity index (χ1) is 14.9. The normalized spacial score (nSPS) is 12.1. The molecule has 4 heteroatoms. The molecule has 0 aromatic heterocycles. The first-order valence-corrected chi connectivity index (χ1v) is 10.8. The molecule has 0 saturated heterocycles. The summed E-state index contributed by atoms with van der Waals surface area (Å²) in [4.78, 5) is 0. The van der Waals surface area contributed by atoms with Gasteiger partial charge in [0.1, 0.15) is 36.6 Å². The number of ether oxygens (including phenoxy) is 3. The maximum Gasteiger partial charge on any atom is 0.122 e. The summed E-state index contributed by atoms with van der Waals surface area (Å²) >= 11 is 0. The van der Waals surface area contributed by atoms with Crippen molar-refractivity contribution >= 4 is 5.69 Å². The zero-order valence-electron chi connectivity index (χ0n) is 18.9. The standard InChI is InChI=1S/C27H33NO3/c1-21(31-26-14-10-22(11-15-26)27(2,3)4)20-28-23-12-16-25(17-13-23)30-19-18-29-24-8-6-5-7-9-24/h5-17,21,28H,18-20H2,1-4H3. The summed E-state index contributed by atoms with van der Waals surface area (Å²) in [6, 6.07) is 26.1. The molecule has 0 fully saturated rings. The Morgan fingerprint density at radius 1 is 0.710 bits per heavy atom. The number of anilines is 1. The number of rotatable bonds is 10. The van der Waals surface area contributed by atoms with E-state index in [4.69, 9.17) is 14.2 Å². The zero-order valence-corrected chi connectivity index (χ0v) is 18.9. The third-order valence-corrected chi connectivity index (χ3v) is 4.87. The van der Waals surface area contributed by atoms with E-state index in [1.807, 2.05) is 66.7 Å². The number of hydrogen-bond acceptors (Lipinski definition) is 4. The van der Waals surface area contributed by atoms with Crippen LogP contribution in [-0.2, 0) is 5.41 Å². The van der Waals surface area contributed by atoms with Gasteiger partial charge in [0.05, 0.1) is 6.54 Å². The largest absolute Gasteiger partial charge is 0.490 e. The average molecular weight is 420 g/mol. The van der Waals surface area contributed by atoms with Gasteiger partial charge < -0.3 is 19.5 Å². The van der Waals surface area contributed by atoms with Crippen molar-refractivity contribution in [2.75, 3.05) is 25.1 Å². The lowest BCUT2D eigenvalue weighted by Gasteiger charge is -2.20. The fourth-order valence-corrected chi connectivity index (χ4v) is 3.07. The number of nitrogens with one attached hydrogen (secondary N) is 1. The molecule has 0 saturated carbocycles. The lowest BCUT2D eigenvalue weighted by atomic mass is 9.87. The second-order valence-corrected chi connectivity index (χ2v) is 8.62. The van der Waals surface area contributed by atoms with E-state index in [1.54, 1.807) is 0 Å². The van der Waals surface area contributed by atoms with Crippen LogP contribution in [0.4, 0.5) is 5.69 Å². The lowest BCUT2D eigenvalue weighted by Crippen LogP contribution is -2.22. The van der Waals surface area contributed by atoms with E-state index in [0.717, 1.165) is 22.9 Å². The van der Waals surface area contributed by atoms with Crippen LogP contribution < -0.4 is 19.5 Å². The van der Waals surface area contributed by atoms with Crippen molar-refractivity contribution in [3.05, 3.63) is 84.4 Å². The van der Waals surface area contributed by atoms with Crippen molar-refractivity contribution in [3.63, 3.8) is 0 Å². The summed E-state index contributed by atoms with van der Waals surface area (Å²) in [6.07, 6.45) is 0.0477. The van der Waals surface area contributed by atoms with Crippen LogP contribution in [0.15, 0.2) is 78.9 Å². The molecular formula is C27H33NO3. The van der Waals surface area contributed by atoms with Gasteiger partial charge in [0.2, 0.25) is 0 Å². The van der Waals surface area contributed by atoms with Crippen molar-refractivity contribution in [1.29, 1.82) is 0 Å². The Balaban J connectivity index is 1.37. The molecule has 1 atom stereocenters. The van der Waals surface area contributed by atoms with E-state index >= 15 is 0 Å². The number of benzene rings is 3. The third kappa shape index (κ3) is 7.56. The van der Waals surface area contributed by atoms with Gasteiger partial charge in [0, 0.05) is 5.69 Å². The predicted molar refractivity (Wildman–Crippen MR) is 128 cm³/mol. The molecule has 1 N–H and O–H groups in total. The van der Waals surface area contributed by atoms with Crippen LogP contribution in [0, 0.1) is 0 Å². The molecule has 0 amide bonds. The Morgan fingerprint density at radius 2 is 1.26 bits per heavy atom. The highest BCUT2D eigenvalue weighted by atomic mass is 16.5. The molecule has 3 aromatic carbocycles. The van der Waals surface area contributed by atoms with Crippen LogP contribution in [0.3, 0.4) is 0 Å². The van der Waals surface area contributed by atoms with E-state index in [2.05, 4.69) is 45.1 Å². The SMILES string of the molecule is CC(CNc1ccc(OCCOc2ccccc2)cc1)Oc1ccc(C(C)(C)C)cc1. The van der Waals surface area contributed by atoms with Crippen LogP contribution >= 0.6 is 0 Å².